The van der Waals surface area contributed by atoms with Crippen LogP contribution in [0.5, 0.6) is 0 Å². The molecule has 0 amide bonds. The molecule has 3 rings (SSSR count). The third kappa shape index (κ3) is 1.71. The Morgan fingerprint density at radius 1 is 1.56 bits per heavy atom. The average molecular weight is 247 g/mol. The fourth-order valence-corrected chi connectivity index (χ4v) is 2.56. The topological polar surface area (TPSA) is 78.0 Å². The smallest absolute Gasteiger partial charge is 0.247 e. The summed E-state index contributed by atoms with van der Waals surface area (Å²) >= 11 is 0. The summed E-state index contributed by atoms with van der Waals surface area (Å²) in [6.07, 6.45) is 2.74. The Balaban J connectivity index is 1.83. The molecular weight excluding hydrogens is 230 g/mol. The number of nitriles is 1. The van der Waals surface area contributed by atoms with E-state index in [1.54, 1.807) is 0 Å². The van der Waals surface area contributed by atoms with Crippen molar-refractivity contribution in [3.63, 3.8) is 0 Å². The fraction of sp³-hybridized carbons (Fsp3) is 0.750. The van der Waals surface area contributed by atoms with Crippen LogP contribution in [0.4, 0.5) is 0 Å². The van der Waals surface area contributed by atoms with Gasteiger partial charge in [-0.1, -0.05) is 5.16 Å². The van der Waals surface area contributed by atoms with Gasteiger partial charge in [-0.2, -0.15) is 10.2 Å². The van der Waals surface area contributed by atoms with Crippen molar-refractivity contribution in [3.8, 4) is 6.07 Å². The van der Waals surface area contributed by atoms with Crippen molar-refractivity contribution in [1.29, 1.82) is 5.26 Å². The molecule has 1 saturated carbocycles. The lowest BCUT2D eigenvalue weighted by molar-refractivity contribution is 0.189. The first-order chi connectivity index (χ1) is 8.75. The van der Waals surface area contributed by atoms with Gasteiger partial charge in [0.15, 0.2) is 5.82 Å². The van der Waals surface area contributed by atoms with Crippen LogP contribution in [0.2, 0.25) is 0 Å². The van der Waals surface area contributed by atoms with Gasteiger partial charge in [-0.3, -0.25) is 4.90 Å². The van der Waals surface area contributed by atoms with Gasteiger partial charge in [-0.05, 0) is 26.3 Å². The molecule has 1 unspecified atom stereocenters. The number of rotatable bonds is 2. The highest BCUT2D eigenvalue weighted by Crippen LogP contribution is 2.42. The molecule has 0 aromatic carbocycles. The Morgan fingerprint density at radius 3 is 3.00 bits per heavy atom. The van der Waals surface area contributed by atoms with Crippen molar-refractivity contribution in [3.05, 3.63) is 11.7 Å². The van der Waals surface area contributed by atoms with E-state index in [4.69, 9.17) is 4.52 Å². The van der Waals surface area contributed by atoms with Crippen molar-refractivity contribution < 1.29 is 4.52 Å². The number of hydrogen-bond acceptors (Lipinski definition) is 6. The number of nitrogens with zero attached hydrogens (tertiary/aromatic N) is 4. The molecule has 2 heterocycles. The molecule has 1 aromatic heterocycles. The minimum absolute atomic E-state index is 0.145. The summed E-state index contributed by atoms with van der Waals surface area (Å²) < 4.78 is 5.33. The number of nitrogens with one attached hydrogen (secondary N) is 1. The Labute approximate surface area is 106 Å². The second kappa shape index (κ2) is 4.34. The molecular formula is C12H17N5O. The van der Waals surface area contributed by atoms with Crippen LogP contribution in [-0.2, 0) is 5.41 Å². The summed E-state index contributed by atoms with van der Waals surface area (Å²) in [4.78, 5) is 6.68. The highest BCUT2D eigenvalue weighted by Gasteiger charge is 2.44. The molecule has 0 bridgehead atoms. The quantitative estimate of drug-likeness (QED) is 0.824. The molecule has 6 nitrogen and oxygen atoms in total. The molecule has 1 atom stereocenters. The van der Waals surface area contributed by atoms with Crippen LogP contribution in [0.1, 0.15) is 37.0 Å². The van der Waals surface area contributed by atoms with Gasteiger partial charge in [-0.25, -0.2) is 0 Å². The lowest BCUT2D eigenvalue weighted by Gasteiger charge is -2.31. The van der Waals surface area contributed by atoms with Crippen molar-refractivity contribution in [1.82, 2.24) is 20.4 Å². The summed E-state index contributed by atoms with van der Waals surface area (Å²) in [5.74, 6) is 1.20. The fourth-order valence-electron chi connectivity index (χ4n) is 2.56. The average Bonchev–Trinajstić information content (AvgIpc) is 2.79. The first-order valence-electron chi connectivity index (χ1n) is 6.41. The minimum Gasteiger partial charge on any atom is -0.338 e. The minimum atomic E-state index is -0.508. The van der Waals surface area contributed by atoms with Gasteiger partial charge in [0.2, 0.25) is 5.89 Å². The van der Waals surface area contributed by atoms with Gasteiger partial charge in [0, 0.05) is 19.6 Å². The first kappa shape index (κ1) is 11.6. The number of aromatic nitrogens is 2. The van der Waals surface area contributed by atoms with Crippen LogP contribution in [-0.4, -0.2) is 41.7 Å². The molecule has 1 aromatic rings. The maximum Gasteiger partial charge on any atom is 0.247 e. The van der Waals surface area contributed by atoms with Crippen molar-refractivity contribution in [2.45, 2.75) is 30.7 Å². The molecule has 0 spiro atoms. The lowest BCUT2D eigenvalue weighted by atomic mass is 9.70. The molecule has 1 aliphatic heterocycles. The van der Waals surface area contributed by atoms with E-state index in [1.165, 1.54) is 0 Å². The molecule has 1 N–H and O–H groups in total. The first-order valence-corrected chi connectivity index (χ1v) is 6.41. The number of hydrogen-bond donors (Lipinski definition) is 1. The van der Waals surface area contributed by atoms with Gasteiger partial charge in [0.1, 0.15) is 5.41 Å². The zero-order valence-corrected chi connectivity index (χ0v) is 10.5. The SMILES string of the molecule is CN1CCNCC1c1noc(C2(C#N)CCC2)n1. The van der Waals surface area contributed by atoms with E-state index in [9.17, 15) is 5.26 Å². The van der Waals surface area contributed by atoms with Gasteiger partial charge < -0.3 is 9.84 Å². The van der Waals surface area contributed by atoms with E-state index in [-0.39, 0.29) is 6.04 Å². The van der Waals surface area contributed by atoms with Crippen LogP contribution >= 0.6 is 0 Å². The van der Waals surface area contributed by atoms with E-state index in [0.29, 0.717) is 11.7 Å². The molecule has 2 fully saturated rings. The van der Waals surface area contributed by atoms with E-state index >= 15 is 0 Å². The zero-order chi connectivity index (χ0) is 12.6. The van der Waals surface area contributed by atoms with Crippen molar-refractivity contribution in [2.24, 2.45) is 0 Å². The van der Waals surface area contributed by atoms with Crippen LogP contribution < -0.4 is 5.32 Å². The normalized spacial score (nSPS) is 27.4. The van der Waals surface area contributed by atoms with Gasteiger partial charge in [0.25, 0.3) is 0 Å². The van der Waals surface area contributed by atoms with E-state index < -0.39 is 5.41 Å². The third-order valence-electron chi connectivity index (χ3n) is 4.08. The molecule has 18 heavy (non-hydrogen) atoms. The van der Waals surface area contributed by atoms with E-state index in [0.717, 1.165) is 38.9 Å². The number of likely N-dealkylation sites (N-methyl/N-ethyl adjacent to an activating group) is 1. The predicted molar refractivity (Wildman–Crippen MR) is 63.7 cm³/mol. The standard InChI is InChI=1S/C12H17N5O/c1-17-6-5-14-7-9(17)10-15-11(18-16-10)12(8-13)3-2-4-12/h9,14H,2-7H2,1H3. The second-order valence-electron chi connectivity index (χ2n) is 5.21. The van der Waals surface area contributed by atoms with Crippen LogP contribution in [0.25, 0.3) is 0 Å². The summed E-state index contributed by atoms with van der Waals surface area (Å²) in [5.41, 5.74) is -0.508. The monoisotopic (exact) mass is 247 g/mol. The molecule has 6 heteroatoms. The Morgan fingerprint density at radius 2 is 2.39 bits per heavy atom. The van der Waals surface area contributed by atoms with Gasteiger partial charge >= 0.3 is 0 Å². The molecule has 2 aliphatic rings. The van der Waals surface area contributed by atoms with Crippen molar-refractivity contribution >= 4 is 0 Å². The van der Waals surface area contributed by atoms with Gasteiger partial charge in [0.05, 0.1) is 12.1 Å². The summed E-state index contributed by atoms with van der Waals surface area (Å²) in [7, 11) is 2.06. The van der Waals surface area contributed by atoms with Crippen LogP contribution in [0, 0.1) is 11.3 Å². The summed E-state index contributed by atoms with van der Waals surface area (Å²) in [6.45, 7) is 2.78. The van der Waals surface area contributed by atoms with Crippen LogP contribution in [0.15, 0.2) is 4.52 Å². The number of piperazine rings is 1. The summed E-state index contributed by atoms with van der Waals surface area (Å²) in [6, 6.07) is 2.48. The molecule has 96 valence electrons. The zero-order valence-electron chi connectivity index (χ0n) is 10.5. The van der Waals surface area contributed by atoms with E-state index in [2.05, 4.69) is 33.5 Å². The molecule has 1 aliphatic carbocycles. The Hall–Kier alpha value is -1.45. The Kier molecular flexibility index (Phi) is 2.80. The maximum absolute atomic E-state index is 9.26. The third-order valence-corrected chi connectivity index (χ3v) is 4.08. The molecule has 1 saturated heterocycles. The summed E-state index contributed by atoms with van der Waals surface area (Å²) in [5, 5.41) is 16.7. The van der Waals surface area contributed by atoms with Crippen LogP contribution in [0.3, 0.4) is 0 Å². The largest absolute Gasteiger partial charge is 0.338 e. The second-order valence-corrected chi connectivity index (χ2v) is 5.21. The molecule has 0 radical (unpaired) electrons. The van der Waals surface area contributed by atoms with Gasteiger partial charge in [-0.15, -0.1) is 0 Å². The maximum atomic E-state index is 9.26. The highest BCUT2D eigenvalue weighted by molar-refractivity contribution is 5.23. The Bertz CT molecular complexity index is 473. The van der Waals surface area contributed by atoms with Crippen molar-refractivity contribution in [2.75, 3.05) is 26.7 Å². The lowest BCUT2D eigenvalue weighted by Crippen LogP contribution is -2.44. The predicted octanol–water partition coefficient (Wildman–Crippen LogP) is 0.591. The highest BCUT2D eigenvalue weighted by atomic mass is 16.5. The van der Waals surface area contributed by atoms with E-state index in [1.807, 2.05) is 0 Å².